The molecule has 168 valence electrons. The zero-order chi connectivity index (χ0) is 23.5. The third-order valence-electron chi connectivity index (χ3n) is 6.26. The van der Waals surface area contributed by atoms with Crippen LogP contribution in [0, 0.1) is 32.1 Å². The zero-order valence-electron chi connectivity index (χ0n) is 19.1. The van der Waals surface area contributed by atoms with Crippen molar-refractivity contribution in [3.05, 3.63) is 86.6 Å². The van der Waals surface area contributed by atoms with Gasteiger partial charge >= 0.3 is 0 Å². The Morgan fingerprint density at radius 3 is 2.48 bits per heavy atom. The van der Waals surface area contributed by atoms with Gasteiger partial charge in [0.25, 0.3) is 0 Å². The van der Waals surface area contributed by atoms with Gasteiger partial charge in [0.05, 0.1) is 28.3 Å². The number of ketones is 1. The van der Waals surface area contributed by atoms with Gasteiger partial charge in [-0.2, -0.15) is 5.26 Å². The van der Waals surface area contributed by atoms with Gasteiger partial charge in [-0.15, -0.1) is 0 Å². The average Bonchev–Trinajstić information content (AvgIpc) is 2.80. The number of benzene rings is 2. The fourth-order valence-electron chi connectivity index (χ4n) is 4.58. The van der Waals surface area contributed by atoms with Crippen LogP contribution < -0.4 is 10.6 Å². The van der Waals surface area contributed by atoms with Crippen molar-refractivity contribution in [1.82, 2.24) is 5.32 Å². The smallest absolute Gasteiger partial charge is 0.234 e. The maximum atomic E-state index is 12.9. The molecule has 0 aromatic heterocycles. The molecule has 1 atom stereocenters. The number of para-hydroxylation sites is 1. The number of aryl methyl sites for hydroxylation is 3. The van der Waals surface area contributed by atoms with E-state index in [1.165, 1.54) is 11.8 Å². The van der Waals surface area contributed by atoms with E-state index in [1.54, 1.807) is 0 Å². The molecule has 0 bridgehead atoms. The third kappa shape index (κ3) is 4.60. The molecule has 2 aromatic rings. The number of nitriles is 1. The molecular weight excluding hydrogens is 430 g/mol. The molecule has 2 aromatic carbocycles. The Morgan fingerprint density at radius 2 is 1.79 bits per heavy atom. The van der Waals surface area contributed by atoms with E-state index in [4.69, 9.17) is 0 Å². The summed E-state index contributed by atoms with van der Waals surface area (Å²) in [6.45, 7) is 5.94. The number of hydrogen-bond donors (Lipinski definition) is 2. The number of anilines is 1. The van der Waals surface area contributed by atoms with Crippen molar-refractivity contribution in [3.8, 4) is 6.07 Å². The number of nitrogens with zero attached hydrogens (tertiary/aromatic N) is 1. The lowest BCUT2D eigenvalue weighted by atomic mass is 9.76. The largest absolute Gasteiger partial charge is 0.352 e. The lowest BCUT2D eigenvalue weighted by molar-refractivity contribution is -0.116. The van der Waals surface area contributed by atoms with Gasteiger partial charge < -0.3 is 10.6 Å². The van der Waals surface area contributed by atoms with E-state index in [0.717, 1.165) is 46.5 Å². The topological polar surface area (TPSA) is 82.0 Å². The molecule has 0 fully saturated rings. The van der Waals surface area contributed by atoms with Gasteiger partial charge in [-0.1, -0.05) is 54.2 Å². The molecule has 0 unspecified atom stereocenters. The second-order valence-electron chi connectivity index (χ2n) is 8.54. The number of carbonyl (C=O) groups is 2. The monoisotopic (exact) mass is 457 g/mol. The van der Waals surface area contributed by atoms with Crippen molar-refractivity contribution < 1.29 is 9.59 Å². The second kappa shape index (κ2) is 9.68. The minimum Gasteiger partial charge on any atom is -0.352 e. The average molecular weight is 458 g/mol. The number of Topliss-reactive ketones (excluding diaryl/α,β-unsaturated/α-hetero) is 1. The first-order chi connectivity index (χ1) is 15.9. The molecule has 1 amide bonds. The van der Waals surface area contributed by atoms with Crippen LogP contribution in [0.3, 0.4) is 0 Å². The molecule has 6 heteroatoms. The Balaban J connectivity index is 1.64. The van der Waals surface area contributed by atoms with E-state index >= 15 is 0 Å². The predicted octanol–water partition coefficient (Wildman–Crippen LogP) is 5.41. The number of dihydropyridines is 1. The Labute approximate surface area is 199 Å². The highest BCUT2D eigenvalue weighted by Crippen LogP contribution is 2.44. The summed E-state index contributed by atoms with van der Waals surface area (Å²) in [5, 5.41) is 17.2. The molecule has 5 nitrogen and oxygen atoms in total. The van der Waals surface area contributed by atoms with Crippen molar-refractivity contribution in [2.24, 2.45) is 0 Å². The summed E-state index contributed by atoms with van der Waals surface area (Å²) in [5.41, 5.74) is 6.95. The zero-order valence-corrected chi connectivity index (χ0v) is 19.9. The molecule has 2 aliphatic rings. The van der Waals surface area contributed by atoms with Crippen molar-refractivity contribution in [1.29, 1.82) is 5.26 Å². The number of thioether (sulfide) groups is 1. The summed E-state index contributed by atoms with van der Waals surface area (Å²) in [6.07, 6.45) is 2.06. The molecule has 1 aliphatic heterocycles. The van der Waals surface area contributed by atoms with Crippen LogP contribution in [0.2, 0.25) is 0 Å². The molecule has 0 saturated heterocycles. The first kappa shape index (κ1) is 22.9. The minimum atomic E-state index is -0.399. The van der Waals surface area contributed by atoms with Crippen LogP contribution in [0.5, 0.6) is 0 Å². The summed E-state index contributed by atoms with van der Waals surface area (Å²) >= 11 is 1.32. The molecule has 1 aliphatic carbocycles. The van der Waals surface area contributed by atoms with Gasteiger partial charge in [0, 0.05) is 23.4 Å². The number of carbonyl (C=O) groups excluding carboxylic acids is 2. The van der Waals surface area contributed by atoms with Crippen LogP contribution in [0.1, 0.15) is 47.4 Å². The number of rotatable bonds is 5. The maximum Gasteiger partial charge on any atom is 0.234 e. The fraction of sp³-hybridized carbons (Fsp3) is 0.296. The van der Waals surface area contributed by atoms with E-state index in [9.17, 15) is 14.9 Å². The van der Waals surface area contributed by atoms with Crippen LogP contribution in [-0.2, 0) is 9.59 Å². The number of amides is 1. The summed E-state index contributed by atoms with van der Waals surface area (Å²) in [6, 6.07) is 16.2. The van der Waals surface area contributed by atoms with Crippen LogP contribution in [0.25, 0.3) is 0 Å². The number of nitrogens with one attached hydrogen (secondary N) is 2. The summed E-state index contributed by atoms with van der Waals surface area (Å²) < 4.78 is 0. The van der Waals surface area contributed by atoms with Gasteiger partial charge in [-0.3, -0.25) is 9.59 Å². The predicted molar refractivity (Wildman–Crippen MR) is 133 cm³/mol. The lowest BCUT2D eigenvalue weighted by Crippen LogP contribution is -2.32. The highest BCUT2D eigenvalue weighted by molar-refractivity contribution is 8.03. The van der Waals surface area contributed by atoms with E-state index < -0.39 is 5.92 Å². The summed E-state index contributed by atoms with van der Waals surface area (Å²) in [7, 11) is 0. The normalized spacial score (nSPS) is 17.9. The lowest BCUT2D eigenvalue weighted by Gasteiger charge is -2.33. The summed E-state index contributed by atoms with van der Waals surface area (Å²) in [5.74, 6) is -0.264. The van der Waals surface area contributed by atoms with Gasteiger partial charge in [0.2, 0.25) is 5.91 Å². The van der Waals surface area contributed by atoms with Crippen molar-refractivity contribution in [2.75, 3.05) is 11.1 Å². The number of hydrogen-bond acceptors (Lipinski definition) is 5. The SMILES string of the molecule is Cc1ccccc1[C@@H]1C(C#N)=C(SCC(=O)Nc2c(C)cccc2C)NC2=C1C(=O)CCC2. The summed E-state index contributed by atoms with van der Waals surface area (Å²) in [4.78, 5) is 25.7. The van der Waals surface area contributed by atoms with E-state index in [0.29, 0.717) is 22.6 Å². The van der Waals surface area contributed by atoms with Crippen LogP contribution in [0.4, 0.5) is 5.69 Å². The molecule has 0 spiro atoms. The first-order valence-corrected chi connectivity index (χ1v) is 12.1. The van der Waals surface area contributed by atoms with Crippen molar-refractivity contribution in [3.63, 3.8) is 0 Å². The fourth-order valence-corrected chi connectivity index (χ4v) is 5.45. The Hall–Kier alpha value is -3.30. The third-order valence-corrected chi connectivity index (χ3v) is 7.27. The van der Waals surface area contributed by atoms with E-state index in [1.807, 2.05) is 63.2 Å². The van der Waals surface area contributed by atoms with E-state index in [2.05, 4.69) is 16.7 Å². The molecule has 0 saturated carbocycles. The van der Waals surface area contributed by atoms with Gasteiger partial charge in [-0.25, -0.2) is 0 Å². The standard InChI is InChI=1S/C27H27N3O2S/c1-16-8-4-5-11-19(16)24-20(14-28)27(29-21-12-7-13-22(31)25(21)24)33-15-23(32)30-26-17(2)9-6-10-18(26)3/h4-6,8-11,24,29H,7,12-13,15H2,1-3H3,(H,30,32)/t24-/m1/s1. The van der Waals surface area contributed by atoms with Crippen molar-refractivity contribution >= 4 is 29.1 Å². The Morgan fingerprint density at radius 1 is 1.09 bits per heavy atom. The highest BCUT2D eigenvalue weighted by atomic mass is 32.2. The number of allylic oxidation sites excluding steroid dienone is 3. The van der Waals surface area contributed by atoms with Gasteiger partial charge in [0.1, 0.15) is 0 Å². The quantitative estimate of drug-likeness (QED) is 0.627. The van der Waals surface area contributed by atoms with Crippen LogP contribution in [-0.4, -0.2) is 17.4 Å². The minimum absolute atomic E-state index is 0.0987. The first-order valence-electron chi connectivity index (χ1n) is 11.1. The van der Waals surface area contributed by atoms with Crippen LogP contribution >= 0.6 is 11.8 Å². The molecule has 1 heterocycles. The van der Waals surface area contributed by atoms with E-state index in [-0.39, 0.29) is 17.4 Å². The Kier molecular flexibility index (Phi) is 6.71. The molecular formula is C27H27N3O2S. The second-order valence-corrected chi connectivity index (χ2v) is 9.53. The Bertz CT molecular complexity index is 1220. The molecule has 33 heavy (non-hydrogen) atoms. The molecule has 0 radical (unpaired) electrons. The molecule has 4 rings (SSSR count). The van der Waals surface area contributed by atoms with Crippen molar-refractivity contribution in [2.45, 2.75) is 46.0 Å². The van der Waals surface area contributed by atoms with Gasteiger partial charge in [-0.05, 0) is 55.9 Å². The molecule has 2 N–H and O–H groups in total. The van der Waals surface area contributed by atoms with Crippen LogP contribution in [0.15, 0.2) is 64.3 Å². The van der Waals surface area contributed by atoms with Gasteiger partial charge in [0.15, 0.2) is 5.78 Å². The highest BCUT2D eigenvalue weighted by Gasteiger charge is 2.37. The maximum absolute atomic E-state index is 12.9.